The third kappa shape index (κ3) is 6.42. The Bertz CT molecular complexity index is 715. The van der Waals surface area contributed by atoms with Gasteiger partial charge in [-0.25, -0.2) is 4.79 Å². The highest BCUT2D eigenvalue weighted by molar-refractivity contribution is 7.10. The van der Waals surface area contributed by atoms with Crippen LogP contribution in [0.3, 0.4) is 0 Å². The summed E-state index contributed by atoms with van der Waals surface area (Å²) in [6.45, 7) is 1.99. The van der Waals surface area contributed by atoms with Crippen LogP contribution in [0, 0.1) is 10.1 Å². The number of ether oxygens (including phenoxy) is 2. The van der Waals surface area contributed by atoms with Crippen molar-refractivity contribution in [3.05, 3.63) is 80.6 Å². The molecule has 6 nitrogen and oxygen atoms in total. The van der Waals surface area contributed by atoms with Gasteiger partial charge < -0.3 is 9.47 Å². The molecule has 0 unspecified atom stereocenters. The lowest BCUT2D eigenvalue weighted by Gasteiger charge is -2.21. The summed E-state index contributed by atoms with van der Waals surface area (Å²) in [4.78, 5) is 23.3. The molecular weight excluding hydrogens is 354 g/mol. The van der Waals surface area contributed by atoms with Gasteiger partial charge >= 0.3 is 5.97 Å². The first-order chi connectivity index (χ1) is 12.6. The quantitative estimate of drug-likeness (QED) is 0.273. The van der Waals surface area contributed by atoms with Gasteiger partial charge in [-0.15, -0.1) is 11.3 Å². The fourth-order valence-corrected chi connectivity index (χ4v) is 3.31. The highest BCUT2D eigenvalue weighted by Gasteiger charge is 2.28. The Morgan fingerprint density at radius 1 is 1.27 bits per heavy atom. The van der Waals surface area contributed by atoms with Crippen molar-refractivity contribution in [3.63, 3.8) is 0 Å². The molecule has 2 atom stereocenters. The lowest BCUT2D eigenvalue weighted by molar-refractivity contribution is -0.485. The summed E-state index contributed by atoms with van der Waals surface area (Å²) in [5.41, 5.74) is 0.952. The Morgan fingerprint density at radius 3 is 2.65 bits per heavy atom. The fourth-order valence-electron chi connectivity index (χ4n) is 2.45. The molecule has 2 aromatic rings. The monoisotopic (exact) mass is 375 g/mol. The molecule has 0 radical (unpaired) electrons. The number of esters is 1. The predicted molar refractivity (Wildman–Crippen MR) is 99.7 cm³/mol. The molecule has 0 aliphatic heterocycles. The van der Waals surface area contributed by atoms with Crippen molar-refractivity contribution >= 4 is 17.3 Å². The van der Waals surface area contributed by atoms with E-state index >= 15 is 0 Å². The average molecular weight is 375 g/mol. The fraction of sp³-hybridized carbons (Fsp3) is 0.316. The second-order valence-corrected chi connectivity index (χ2v) is 6.49. The number of carbonyl (C=O) groups is 1. The number of rotatable bonds is 10. The van der Waals surface area contributed by atoms with E-state index in [1.54, 1.807) is 13.0 Å². The van der Waals surface area contributed by atoms with Crippen LogP contribution in [-0.4, -0.2) is 30.1 Å². The van der Waals surface area contributed by atoms with E-state index in [0.29, 0.717) is 0 Å². The van der Waals surface area contributed by atoms with Crippen molar-refractivity contribution in [3.8, 4) is 0 Å². The van der Waals surface area contributed by atoms with Crippen molar-refractivity contribution in [1.29, 1.82) is 0 Å². The minimum Gasteiger partial charge on any atom is -0.463 e. The summed E-state index contributed by atoms with van der Waals surface area (Å²) in [6.07, 6.45) is 2.21. The number of carbonyl (C=O) groups excluding carboxylic acids is 1. The topological polar surface area (TPSA) is 78.7 Å². The highest BCUT2D eigenvalue weighted by Crippen LogP contribution is 2.28. The molecule has 0 saturated heterocycles. The van der Waals surface area contributed by atoms with E-state index in [-0.39, 0.29) is 24.7 Å². The van der Waals surface area contributed by atoms with E-state index in [1.807, 2.05) is 47.8 Å². The molecule has 26 heavy (non-hydrogen) atoms. The normalized spacial score (nSPS) is 13.4. The van der Waals surface area contributed by atoms with Crippen LogP contribution in [0.15, 0.2) is 60.0 Å². The Balaban J connectivity index is 2.20. The number of nitrogens with zero attached hydrogens (tertiary/aromatic N) is 1. The van der Waals surface area contributed by atoms with Gasteiger partial charge in [-0.3, -0.25) is 10.1 Å². The number of hydrogen-bond acceptors (Lipinski definition) is 6. The summed E-state index contributed by atoms with van der Waals surface area (Å²) in [6, 6.07) is 13.2. The van der Waals surface area contributed by atoms with E-state index in [2.05, 4.69) is 0 Å². The first kappa shape index (κ1) is 19.8. The van der Waals surface area contributed by atoms with Crippen LogP contribution in [0.1, 0.15) is 23.3 Å². The van der Waals surface area contributed by atoms with Crippen LogP contribution in [0.4, 0.5) is 0 Å². The molecule has 7 heteroatoms. The summed E-state index contributed by atoms with van der Waals surface area (Å²) in [5, 5.41) is 13.0. The van der Waals surface area contributed by atoms with Crippen molar-refractivity contribution in [2.24, 2.45) is 0 Å². The highest BCUT2D eigenvalue weighted by atomic mass is 32.1. The number of benzene rings is 1. The summed E-state index contributed by atoms with van der Waals surface area (Å²) in [5.74, 6) is -0.980. The van der Waals surface area contributed by atoms with Crippen molar-refractivity contribution in [2.75, 3.05) is 13.2 Å². The van der Waals surface area contributed by atoms with Crippen LogP contribution in [0.25, 0.3) is 0 Å². The van der Waals surface area contributed by atoms with Gasteiger partial charge in [-0.1, -0.05) is 36.4 Å². The van der Waals surface area contributed by atoms with E-state index in [9.17, 15) is 14.9 Å². The van der Waals surface area contributed by atoms with Gasteiger partial charge in [0, 0.05) is 15.9 Å². The van der Waals surface area contributed by atoms with Gasteiger partial charge in [-0.05, 0) is 30.0 Å². The third-order valence-corrected chi connectivity index (χ3v) is 4.65. The van der Waals surface area contributed by atoms with E-state index in [0.717, 1.165) is 10.4 Å². The van der Waals surface area contributed by atoms with E-state index < -0.39 is 18.0 Å². The van der Waals surface area contributed by atoms with E-state index in [4.69, 9.17) is 9.47 Å². The second kappa shape index (κ2) is 10.5. The average Bonchev–Trinajstić information content (AvgIpc) is 3.15. The molecule has 1 heterocycles. The summed E-state index contributed by atoms with van der Waals surface area (Å²) >= 11 is 1.43. The molecule has 138 valence electrons. The molecule has 0 bridgehead atoms. The molecule has 0 N–H and O–H groups in total. The minimum absolute atomic E-state index is 0.266. The molecule has 0 saturated carbocycles. The van der Waals surface area contributed by atoms with Gasteiger partial charge in [0.15, 0.2) is 0 Å². The van der Waals surface area contributed by atoms with Crippen molar-refractivity contribution < 1.29 is 19.2 Å². The van der Waals surface area contributed by atoms with E-state index in [1.165, 1.54) is 17.4 Å². The van der Waals surface area contributed by atoms with Gasteiger partial charge in [-0.2, -0.15) is 0 Å². The first-order valence-corrected chi connectivity index (χ1v) is 9.13. The van der Waals surface area contributed by atoms with Gasteiger partial charge in [0.05, 0.1) is 25.2 Å². The zero-order chi connectivity index (χ0) is 18.8. The second-order valence-electron chi connectivity index (χ2n) is 5.51. The smallest absolute Gasteiger partial charge is 0.330 e. The molecule has 0 aliphatic rings. The summed E-state index contributed by atoms with van der Waals surface area (Å²) in [7, 11) is 0. The lowest BCUT2D eigenvalue weighted by atomic mass is 9.99. The summed E-state index contributed by atoms with van der Waals surface area (Å²) < 4.78 is 10.8. The number of nitro groups is 1. The Morgan fingerprint density at radius 2 is 2.04 bits per heavy atom. The maximum Gasteiger partial charge on any atom is 0.330 e. The Kier molecular flexibility index (Phi) is 7.98. The Hall–Kier alpha value is -2.51. The molecule has 1 aromatic heterocycles. The maximum absolute atomic E-state index is 11.7. The van der Waals surface area contributed by atoms with Gasteiger partial charge in [0.1, 0.15) is 0 Å². The largest absolute Gasteiger partial charge is 0.463 e. The maximum atomic E-state index is 11.7. The SMILES string of the molecule is CCOC(=O)/C=C/[C@H](OCc1ccccc1)[C@H](C[N+](=O)[O-])c1cccs1. The molecular formula is C19H21NO5S. The standard InChI is InChI=1S/C19H21NO5S/c1-2-24-19(21)11-10-17(25-14-15-7-4-3-5-8-15)16(13-20(22)23)18-9-6-12-26-18/h3-12,16-17H,2,13-14H2,1H3/b11-10+/t16-,17-/m0/s1. The van der Waals surface area contributed by atoms with Crippen LogP contribution in [-0.2, 0) is 20.9 Å². The molecule has 0 amide bonds. The number of hydrogen-bond donors (Lipinski definition) is 0. The van der Waals surface area contributed by atoms with Crippen molar-refractivity contribution in [1.82, 2.24) is 0 Å². The lowest BCUT2D eigenvalue weighted by Crippen LogP contribution is -2.26. The molecule has 0 spiro atoms. The van der Waals surface area contributed by atoms with Crippen LogP contribution >= 0.6 is 11.3 Å². The van der Waals surface area contributed by atoms with Gasteiger partial charge in [0.25, 0.3) is 0 Å². The van der Waals surface area contributed by atoms with Crippen LogP contribution in [0.2, 0.25) is 0 Å². The predicted octanol–water partition coefficient (Wildman–Crippen LogP) is 3.81. The zero-order valence-corrected chi connectivity index (χ0v) is 15.3. The third-order valence-electron chi connectivity index (χ3n) is 3.64. The Labute approximate surface area is 156 Å². The van der Waals surface area contributed by atoms with Crippen LogP contribution in [0.5, 0.6) is 0 Å². The molecule has 1 aromatic carbocycles. The molecule has 0 fully saturated rings. The van der Waals surface area contributed by atoms with Gasteiger partial charge in [0.2, 0.25) is 6.54 Å². The van der Waals surface area contributed by atoms with Crippen LogP contribution < -0.4 is 0 Å². The number of thiophene rings is 1. The minimum atomic E-state index is -0.622. The first-order valence-electron chi connectivity index (χ1n) is 8.25. The van der Waals surface area contributed by atoms with Crippen molar-refractivity contribution in [2.45, 2.75) is 25.6 Å². The zero-order valence-electron chi connectivity index (χ0n) is 14.4. The molecule has 2 rings (SSSR count). The molecule has 0 aliphatic carbocycles.